The molecule has 3 aromatic rings. The van der Waals surface area contributed by atoms with Gasteiger partial charge in [0.15, 0.2) is 11.0 Å². The Morgan fingerprint density at radius 2 is 1.87 bits per heavy atom. The zero-order valence-electron chi connectivity index (χ0n) is 16.5. The van der Waals surface area contributed by atoms with Crippen LogP contribution in [0.2, 0.25) is 10.0 Å². The molecule has 1 heterocycles. The zero-order valence-corrected chi connectivity index (χ0v) is 18.9. The molecule has 11 heteroatoms. The summed E-state index contributed by atoms with van der Waals surface area (Å²) in [6, 6.07) is 9.67. The summed E-state index contributed by atoms with van der Waals surface area (Å²) >= 11 is 13.1. The Morgan fingerprint density at radius 1 is 1.16 bits per heavy atom. The molecule has 2 aromatic carbocycles. The van der Waals surface area contributed by atoms with E-state index < -0.39 is 6.04 Å². The summed E-state index contributed by atoms with van der Waals surface area (Å²) in [5, 5.41) is 14.9. The van der Waals surface area contributed by atoms with Crippen LogP contribution < -0.4 is 10.6 Å². The van der Waals surface area contributed by atoms with Crippen LogP contribution >= 0.6 is 35.0 Å². The molecule has 0 aliphatic heterocycles. The highest BCUT2D eigenvalue weighted by atomic mass is 35.5. The third kappa shape index (κ3) is 5.96. The summed E-state index contributed by atoms with van der Waals surface area (Å²) < 4.78 is 14.6. The van der Waals surface area contributed by atoms with Crippen LogP contribution in [0.3, 0.4) is 0 Å². The molecule has 31 heavy (non-hydrogen) atoms. The summed E-state index contributed by atoms with van der Waals surface area (Å²) in [5.74, 6) is -0.409. The molecule has 3 rings (SSSR count). The van der Waals surface area contributed by atoms with Crippen molar-refractivity contribution in [2.45, 2.75) is 18.1 Å². The number of carbonyl (C=O) groups is 2. The Balaban J connectivity index is 1.59. The highest BCUT2D eigenvalue weighted by molar-refractivity contribution is 7.99. The molecule has 0 aliphatic carbocycles. The first kappa shape index (κ1) is 23.1. The number of anilines is 1. The van der Waals surface area contributed by atoms with Crippen molar-refractivity contribution in [2.24, 2.45) is 7.05 Å². The van der Waals surface area contributed by atoms with Crippen LogP contribution in [0.5, 0.6) is 0 Å². The molecule has 0 fully saturated rings. The normalized spacial score (nSPS) is 11.8. The van der Waals surface area contributed by atoms with Crippen molar-refractivity contribution in [3.05, 3.63) is 69.7 Å². The van der Waals surface area contributed by atoms with Gasteiger partial charge in [0.2, 0.25) is 5.91 Å². The maximum absolute atomic E-state index is 12.9. The van der Waals surface area contributed by atoms with E-state index in [1.807, 2.05) is 0 Å². The van der Waals surface area contributed by atoms with Gasteiger partial charge < -0.3 is 15.2 Å². The summed E-state index contributed by atoms with van der Waals surface area (Å²) in [7, 11) is 1.74. The molecular weight excluding hydrogens is 464 g/mol. The number of nitrogens with zero attached hydrogens (tertiary/aromatic N) is 3. The van der Waals surface area contributed by atoms with Gasteiger partial charge in [-0.15, -0.1) is 10.2 Å². The Kier molecular flexibility index (Phi) is 7.53. The van der Waals surface area contributed by atoms with Crippen molar-refractivity contribution < 1.29 is 14.0 Å². The first-order valence-corrected chi connectivity index (χ1v) is 10.8. The van der Waals surface area contributed by atoms with E-state index in [0.29, 0.717) is 27.3 Å². The van der Waals surface area contributed by atoms with Gasteiger partial charge in [-0.1, -0.05) is 35.0 Å². The van der Waals surface area contributed by atoms with E-state index in [9.17, 15) is 14.0 Å². The van der Waals surface area contributed by atoms with Gasteiger partial charge in [-0.3, -0.25) is 9.59 Å². The molecule has 0 spiro atoms. The Morgan fingerprint density at radius 3 is 2.55 bits per heavy atom. The molecule has 2 amide bonds. The van der Waals surface area contributed by atoms with Crippen LogP contribution in [0.4, 0.5) is 10.1 Å². The van der Waals surface area contributed by atoms with E-state index in [0.717, 1.165) is 0 Å². The molecule has 162 valence electrons. The molecule has 1 atom stereocenters. The lowest BCUT2D eigenvalue weighted by atomic mass is 10.2. The molecule has 0 radical (unpaired) electrons. The summed E-state index contributed by atoms with van der Waals surface area (Å²) in [6.45, 7) is 1.77. The van der Waals surface area contributed by atoms with Gasteiger partial charge in [-0.2, -0.15) is 0 Å². The minimum atomic E-state index is -0.459. The summed E-state index contributed by atoms with van der Waals surface area (Å²) in [5.41, 5.74) is 0.801. The Bertz CT molecular complexity index is 1110. The van der Waals surface area contributed by atoms with Crippen molar-refractivity contribution in [3.8, 4) is 0 Å². The second kappa shape index (κ2) is 10.1. The van der Waals surface area contributed by atoms with Gasteiger partial charge in [-0.25, -0.2) is 4.39 Å². The molecule has 0 aliphatic rings. The van der Waals surface area contributed by atoms with Gasteiger partial charge in [0.25, 0.3) is 5.91 Å². The molecule has 2 N–H and O–H groups in total. The first-order valence-electron chi connectivity index (χ1n) is 9.08. The second-order valence-electron chi connectivity index (χ2n) is 6.56. The number of aromatic nitrogens is 3. The third-order valence-electron chi connectivity index (χ3n) is 4.24. The molecule has 0 bridgehead atoms. The Hall–Kier alpha value is -2.62. The lowest BCUT2D eigenvalue weighted by molar-refractivity contribution is -0.113. The minimum Gasteiger partial charge on any atom is -0.342 e. The maximum Gasteiger partial charge on any atom is 0.253 e. The first-order chi connectivity index (χ1) is 14.7. The van der Waals surface area contributed by atoms with Gasteiger partial charge in [-0.05, 0) is 49.4 Å². The zero-order chi connectivity index (χ0) is 22.5. The molecule has 1 aromatic heterocycles. The van der Waals surface area contributed by atoms with Gasteiger partial charge in [0.05, 0.1) is 22.4 Å². The van der Waals surface area contributed by atoms with Gasteiger partial charge >= 0.3 is 0 Å². The number of benzene rings is 2. The molecule has 0 unspecified atom stereocenters. The fourth-order valence-electron chi connectivity index (χ4n) is 2.70. The number of thioether (sulfide) groups is 1. The van der Waals surface area contributed by atoms with E-state index in [1.54, 1.807) is 30.7 Å². The number of carbonyl (C=O) groups excluding carboxylic acids is 2. The average molecular weight is 482 g/mol. The number of rotatable bonds is 7. The van der Waals surface area contributed by atoms with E-state index >= 15 is 0 Å². The van der Waals surface area contributed by atoms with Crippen LogP contribution in [-0.2, 0) is 11.8 Å². The van der Waals surface area contributed by atoms with Crippen molar-refractivity contribution in [1.29, 1.82) is 0 Å². The van der Waals surface area contributed by atoms with Crippen LogP contribution in [0.25, 0.3) is 0 Å². The maximum atomic E-state index is 12.9. The molecule has 0 saturated heterocycles. The minimum absolute atomic E-state index is 0.0878. The quantitative estimate of drug-likeness (QED) is 0.485. The lowest BCUT2D eigenvalue weighted by Crippen LogP contribution is -2.28. The van der Waals surface area contributed by atoms with E-state index in [4.69, 9.17) is 23.2 Å². The molecule has 7 nitrogen and oxygen atoms in total. The topological polar surface area (TPSA) is 88.9 Å². The fraction of sp³-hybridized carbons (Fsp3) is 0.200. The second-order valence-corrected chi connectivity index (χ2v) is 8.35. The average Bonchev–Trinajstić information content (AvgIpc) is 3.08. The SMILES string of the molecule is C[C@@H](NC(=O)c1ccc(Cl)cc1Cl)c1nnc(SCC(=O)Nc2ccc(F)cc2)n1C. The monoisotopic (exact) mass is 481 g/mol. The molecular formula is C20H18Cl2FN5O2S. The predicted octanol–water partition coefficient (Wildman–Crippen LogP) is 4.48. The fourth-order valence-corrected chi connectivity index (χ4v) is 3.91. The van der Waals surface area contributed by atoms with Crippen LogP contribution in [0.1, 0.15) is 29.1 Å². The highest BCUT2D eigenvalue weighted by Crippen LogP contribution is 2.23. The van der Waals surface area contributed by atoms with Crippen LogP contribution in [-0.4, -0.2) is 32.3 Å². The number of halogens is 3. The standard InChI is InChI=1S/C20H18Cl2FN5O2S/c1-11(24-19(30)15-8-3-12(21)9-16(15)22)18-26-27-20(28(18)2)31-10-17(29)25-14-6-4-13(23)5-7-14/h3-9,11H,10H2,1-2H3,(H,24,30)(H,25,29)/t11-/m1/s1. The number of hydrogen-bond acceptors (Lipinski definition) is 5. The summed E-state index contributed by atoms with van der Waals surface area (Å²) in [4.78, 5) is 24.6. The van der Waals surface area contributed by atoms with Crippen molar-refractivity contribution >= 4 is 52.5 Å². The van der Waals surface area contributed by atoms with Crippen molar-refractivity contribution in [2.75, 3.05) is 11.1 Å². The predicted molar refractivity (Wildman–Crippen MR) is 119 cm³/mol. The van der Waals surface area contributed by atoms with Crippen molar-refractivity contribution in [1.82, 2.24) is 20.1 Å². The largest absolute Gasteiger partial charge is 0.342 e. The van der Waals surface area contributed by atoms with E-state index in [-0.39, 0.29) is 28.4 Å². The van der Waals surface area contributed by atoms with E-state index in [2.05, 4.69) is 20.8 Å². The Labute approximate surface area is 192 Å². The van der Waals surface area contributed by atoms with Crippen LogP contribution in [0.15, 0.2) is 47.6 Å². The summed E-state index contributed by atoms with van der Waals surface area (Å²) in [6.07, 6.45) is 0. The number of hydrogen-bond donors (Lipinski definition) is 2. The highest BCUT2D eigenvalue weighted by Gasteiger charge is 2.20. The molecule has 0 saturated carbocycles. The van der Waals surface area contributed by atoms with Crippen LogP contribution in [0, 0.1) is 5.82 Å². The van der Waals surface area contributed by atoms with Gasteiger partial charge in [0, 0.05) is 17.8 Å². The van der Waals surface area contributed by atoms with E-state index in [1.165, 1.54) is 42.1 Å². The third-order valence-corrected chi connectivity index (χ3v) is 5.81. The smallest absolute Gasteiger partial charge is 0.253 e. The van der Waals surface area contributed by atoms with Gasteiger partial charge in [0.1, 0.15) is 5.82 Å². The lowest BCUT2D eigenvalue weighted by Gasteiger charge is -2.14. The number of nitrogens with one attached hydrogen (secondary N) is 2. The van der Waals surface area contributed by atoms with Crippen molar-refractivity contribution in [3.63, 3.8) is 0 Å². The number of amides is 2.